The van der Waals surface area contributed by atoms with Gasteiger partial charge in [0, 0.05) is 19.5 Å². The molecule has 2 N–H and O–H groups in total. The van der Waals surface area contributed by atoms with Crippen LogP contribution in [0.3, 0.4) is 0 Å². The molecule has 1 atom stereocenters. The van der Waals surface area contributed by atoms with Crippen LogP contribution >= 0.6 is 0 Å². The van der Waals surface area contributed by atoms with Gasteiger partial charge >= 0.3 is 0 Å². The van der Waals surface area contributed by atoms with Crippen molar-refractivity contribution in [3.05, 3.63) is 0 Å². The second kappa shape index (κ2) is 7.69. The third kappa shape index (κ3) is 5.78. The van der Waals surface area contributed by atoms with Crippen LogP contribution in [-0.4, -0.2) is 30.4 Å². The van der Waals surface area contributed by atoms with Crippen molar-refractivity contribution in [3.8, 4) is 0 Å². The summed E-state index contributed by atoms with van der Waals surface area (Å²) in [6.45, 7) is 6.97. The van der Waals surface area contributed by atoms with E-state index < -0.39 is 0 Å². The van der Waals surface area contributed by atoms with E-state index in [0.717, 1.165) is 25.8 Å². The number of nitrogens with zero attached hydrogens (tertiary/aromatic N) is 1. The van der Waals surface area contributed by atoms with E-state index in [1.165, 1.54) is 0 Å². The first-order valence-corrected chi connectivity index (χ1v) is 5.98. The zero-order chi connectivity index (χ0) is 11.8. The molecule has 90 valence electrons. The standard InChI is InChI=1S/C12H26N2O/c1-5-11(8-9-13)6-7-12(15)14(4)10(2)3/h10-11H,5-9,13H2,1-4H3. The van der Waals surface area contributed by atoms with E-state index in [0.29, 0.717) is 18.4 Å². The number of nitrogens with two attached hydrogens (primary N) is 1. The Kier molecular flexibility index (Phi) is 7.39. The maximum absolute atomic E-state index is 11.7. The first-order chi connectivity index (χ1) is 7.02. The number of hydrogen-bond donors (Lipinski definition) is 1. The van der Waals surface area contributed by atoms with Gasteiger partial charge in [0.1, 0.15) is 0 Å². The lowest BCUT2D eigenvalue weighted by atomic mass is 9.96. The Morgan fingerprint density at radius 2 is 1.93 bits per heavy atom. The lowest BCUT2D eigenvalue weighted by Gasteiger charge is -2.22. The smallest absolute Gasteiger partial charge is 0.222 e. The fourth-order valence-corrected chi connectivity index (χ4v) is 1.58. The molecule has 0 aromatic carbocycles. The van der Waals surface area contributed by atoms with Crippen LogP contribution in [0.2, 0.25) is 0 Å². The quantitative estimate of drug-likeness (QED) is 0.704. The van der Waals surface area contributed by atoms with E-state index in [1.54, 1.807) is 0 Å². The van der Waals surface area contributed by atoms with E-state index in [9.17, 15) is 4.79 Å². The maximum atomic E-state index is 11.7. The van der Waals surface area contributed by atoms with Crippen molar-refractivity contribution in [1.29, 1.82) is 0 Å². The van der Waals surface area contributed by atoms with Gasteiger partial charge in [0.05, 0.1) is 0 Å². The highest BCUT2D eigenvalue weighted by Gasteiger charge is 2.14. The largest absolute Gasteiger partial charge is 0.343 e. The molecule has 0 aromatic rings. The Hall–Kier alpha value is -0.570. The van der Waals surface area contributed by atoms with Gasteiger partial charge in [-0.1, -0.05) is 13.3 Å². The molecule has 0 bridgehead atoms. The van der Waals surface area contributed by atoms with Crippen LogP contribution in [0.1, 0.15) is 46.5 Å². The molecule has 0 fully saturated rings. The summed E-state index contributed by atoms with van der Waals surface area (Å²) >= 11 is 0. The lowest BCUT2D eigenvalue weighted by Crippen LogP contribution is -2.33. The summed E-state index contributed by atoms with van der Waals surface area (Å²) in [5.41, 5.74) is 5.52. The fourth-order valence-electron chi connectivity index (χ4n) is 1.58. The molecule has 3 heteroatoms. The summed E-state index contributed by atoms with van der Waals surface area (Å²) < 4.78 is 0. The Balaban J connectivity index is 3.87. The second-order valence-electron chi connectivity index (χ2n) is 4.49. The molecule has 0 saturated carbocycles. The molecular formula is C12H26N2O. The molecule has 1 amide bonds. The highest BCUT2D eigenvalue weighted by atomic mass is 16.2. The van der Waals surface area contributed by atoms with Gasteiger partial charge in [0.2, 0.25) is 5.91 Å². The van der Waals surface area contributed by atoms with Crippen molar-refractivity contribution >= 4 is 5.91 Å². The normalized spacial score (nSPS) is 12.9. The minimum atomic E-state index is 0.250. The Morgan fingerprint density at radius 3 is 2.33 bits per heavy atom. The zero-order valence-corrected chi connectivity index (χ0v) is 10.6. The second-order valence-corrected chi connectivity index (χ2v) is 4.49. The van der Waals surface area contributed by atoms with Gasteiger partial charge in [-0.2, -0.15) is 0 Å². The summed E-state index contributed by atoms with van der Waals surface area (Å²) in [6.07, 6.45) is 3.79. The van der Waals surface area contributed by atoms with Crippen molar-refractivity contribution < 1.29 is 4.79 Å². The van der Waals surface area contributed by atoms with Gasteiger partial charge in [0.15, 0.2) is 0 Å². The first-order valence-electron chi connectivity index (χ1n) is 5.98. The Morgan fingerprint density at radius 1 is 1.33 bits per heavy atom. The predicted octanol–water partition coefficient (Wildman–Crippen LogP) is 2.01. The number of carbonyl (C=O) groups is 1. The summed E-state index contributed by atoms with van der Waals surface area (Å²) in [7, 11) is 1.87. The molecule has 0 aliphatic rings. The van der Waals surface area contributed by atoms with E-state index in [1.807, 2.05) is 25.8 Å². The third-order valence-corrected chi connectivity index (χ3v) is 3.09. The molecule has 0 aliphatic heterocycles. The number of rotatable bonds is 7. The van der Waals surface area contributed by atoms with Crippen molar-refractivity contribution in [1.82, 2.24) is 4.90 Å². The maximum Gasteiger partial charge on any atom is 0.222 e. The molecule has 0 radical (unpaired) electrons. The molecule has 1 unspecified atom stereocenters. The molecule has 0 aromatic heterocycles. The predicted molar refractivity (Wildman–Crippen MR) is 64.6 cm³/mol. The molecule has 3 nitrogen and oxygen atoms in total. The molecule has 0 aliphatic carbocycles. The van der Waals surface area contributed by atoms with E-state index in [4.69, 9.17) is 5.73 Å². The van der Waals surface area contributed by atoms with Gasteiger partial charge in [0.25, 0.3) is 0 Å². The van der Waals surface area contributed by atoms with Crippen molar-refractivity contribution in [2.75, 3.05) is 13.6 Å². The summed E-state index contributed by atoms with van der Waals surface area (Å²) in [6, 6.07) is 0.298. The minimum Gasteiger partial charge on any atom is -0.343 e. The topological polar surface area (TPSA) is 46.3 Å². The van der Waals surface area contributed by atoms with E-state index >= 15 is 0 Å². The molecule has 0 heterocycles. The molecule has 0 saturated heterocycles. The highest BCUT2D eigenvalue weighted by molar-refractivity contribution is 5.76. The summed E-state index contributed by atoms with van der Waals surface area (Å²) in [5.74, 6) is 0.861. The fraction of sp³-hybridized carbons (Fsp3) is 0.917. The molecule has 0 spiro atoms. The van der Waals surface area contributed by atoms with Gasteiger partial charge in [-0.15, -0.1) is 0 Å². The van der Waals surface area contributed by atoms with Crippen LogP contribution in [0, 0.1) is 5.92 Å². The average molecular weight is 214 g/mol. The minimum absolute atomic E-state index is 0.250. The Labute approximate surface area is 94.0 Å². The van der Waals surface area contributed by atoms with Crippen LogP contribution in [0.4, 0.5) is 0 Å². The van der Waals surface area contributed by atoms with Crippen LogP contribution in [0.25, 0.3) is 0 Å². The van der Waals surface area contributed by atoms with Gasteiger partial charge in [-0.3, -0.25) is 4.79 Å². The number of hydrogen-bond acceptors (Lipinski definition) is 2. The number of carbonyl (C=O) groups excluding carboxylic acids is 1. The molecular weight excluding hydrogens is 188 g/mol. The van der Waals surface area contributed by atoms with Crippen LogP contribution in [0.15, 0.2) is 0 Å². The average Bonchev–Trinajstić information content (AvgIpc) is 2.22. The summed E-state index contributed by atoms with van der Waals surface area (Å²) in [5, 5.41) is 0. The Bertz CT molecular complexity index is 180. The highest BCUT2D eigenvalue weighted by Crippen LogP contribution is 2.15. The van der Waals surface area contributed by atoms with Crippen molar-refractivity contribution in [2.45, 2.75) is 52.5 Å². The van der Waals surface area contributed by atoms with E-state index in [-0.39, 0.29) is 5.91 Å². The van der Waals surface area contributed by atoms with Gasteiger partial charge in [-0.25, -0.2) is 0 Å². The van der Waals surface area contributed by atoms with Gasteiger partial charge in [-0.05, 0) is 39.2 Å². The monoisotopic (exact) mass is 214 g/mol. The van der Waals surface area contributed by atoms with Crippen molar-refractivity contribution in [3.63, 3.8) is 0 Å². The zero-order valence-electron chi connectivity index (χ0n) is 10.6. The molecule has 15 heavy (non-hydrogen) atoms. The van der Waals surface area contributed by atoms with Crippen LogP contribution in [0.5, 0.6) is 0 Å². The molecule has 0 rings (SSSR count). The SMILES string of the molecule is CCC(CCN)CCC(=O)N(C)C(C)C. The third-order valence-electron chi connectivity index (χ3n) is 3.09. The lowest BCUT2D eigenvalue weighted by molar-refractivity contribution is -0.131. The summed E-state index contributed by atoms with van der Waals surface area (Å²) in [4.78, 5) is 13.5. The van der Waals surface area contributed by atoms with Gasteiger partial charge < -0.3 is 10.6 Å². The number of amides is 1. The first kappa shape index (κ1) is 14.4. The van der Waals surface area contributed by atoms with Crippen LogP contribution in [-0.2, 0) is 4.79 Å². The van der Waals surface area contributed by atoms with E-state index in [2.05, 4.69) is 6.92 Å². The van der Waals surface area contributed by atoms with Crippen molar-refractivity contribution in [2.24, 2.45) is 11.7 Å². The van der Waals surface area contributed by atoms with Crippen LogP contribution < -0.4 is 5.73 Å².